The minimum Gasteiger partial charge on any atom is -0.290 e. The van der Waals surface area contributed by atoms with Crippen molar-refractivity contribution in [3.05, 3.63) is 59.0 Å². The quantitative estimate of drug-likeness (QED) is 0.241. The van der Waals surface area contributed by atoms with Crippen molar-refractivity contribution in [2.24, 2.45) is 23.9 Å². The van der Waals surface area contributed by atoms with E-state index in [2.05, 4.69) is 39.7 Å². The predicted octanol–water partition coefficient (Wildman–Crippen LogP) is 5.60. The molecule has 0 radical (unpaired) electrons. The van der Waals surface area contributed by atoms with E-state index in [4.69, 9.17) is 18.0 Å². The van der Waals surface area contributed by atoms with E-state index in [9.17, 15) is 9.60 Å². The standard InChI is InChI=1S/C24H24ClFN4O/c1-3-20(24(29-31)28-19-9-10-22(26)21(25)13-19)16-6-4-15(5-7-16)17-8-11-23-18(12-17)14-27-30(23)2/h1,8-16,20,31H,4-7H2,2H3,(H,28,29)/t15?,16?,20-/m0/s1. The fraction of sp³-hybridized carbons (Fsp3) is 0.333. The van der Waals surface area contributed by atoms with Crippen molar-refractivity contribution in [2.75, 3.05) is 0 Å². The van der Waals surface area contributed by atoms with Crippen molar-refractivity contribution in [3.8, 4) is 12.3 Å². The third-order valence-corrected chi connectivity index (χ3v) is 6.52. The smallest absolute Gasteiger partial charge is 0.141 e. The van der Waals surface area contributed by atoms with E-state index >= 15 is 0 Å². The molecule has 4 rings (SSSR count). The molecule has 3 aromatic rings. The molecule has 0 amide bonds. The van der Waals surface area contributed by atoms with Gasteiger partial charge in [-0.3, -0.25) is 15.4 Å². The number of rotatable bonds is 4. The van der Waals surface area contributed by atoms with Crippen molar-refractivity contribution in [1.29, 1.82) is 0 Å². The zero-order valence-corrected chi connectivity index (χ0v) is 18.0. The second kappa shape index (κ2) is 9.09. The molecule has 1 heterocycles. The van der Waals surface area contributed by atoms with Crippen LogP contribution in [0.5, 0.6) is 0 Å². The summed E-state index contributed by atoms with van der Waals surface area (Å²) in [5, 5.41) is 15.1. The lowest BCUT2D eigenvalue weighted by Crippen LogP contribution is -2.34. The largest absolute Gasteiger partial charge is 0.290 e. The molecule has 1 aliphatic carbocycles. The highest BCUT2D eigenvalue weighted by atomic mass is 35.5. The molecule has 31 heavy (non-hydrogen) atoms. The van der Waals surface area contributed by atoms with Gasteiger partial charge < -0.3 is 0 Å². The highest BCUT2D eigenvalue weighted by molar-refractivity contribution is 6.31. The number of aliphatic imine (C=N–C) groups is 1. The van der Waals surface area contributed by atoms with Crippen molar-refractivity contribution >= 4 is 34.0 Å². The van der Waals surface area contributed by atoms with Gasteiger partial charge in [0.05, 0.1) is 28.3 Å². The minimum absolute atomic E-state index is 0.0260. The van der Waals surface area contributed by atoms with E-state index in [0.717, 1.165) is 36.6 Å². The molecule has 1 aromatic heterocycles. The van der Waals surface area contributed by atoms with Crippen molar-refractivity contribution in [2.45, 2.75) is 31.6 Å². The topological polar surface area (TPSA) is 62.4 Å². The molecule has 2 N–H and O–H groups in total. The summed E-state index contributed by atoms with van der Waals surface area (Å²) in [6.45, 7) is 0. The fourth-order valence-electron chi connectivity index (χ4n) is 4.52. The van der Waals surface area contributed by atoms with Gasteiger partial charge >= 0.3 is 0 Å². The summed E-state index contributed by atoms with van der Waals surface area (Å²) < 4.78 is 15.3. The molecule has 0 saturated heterocycles. The molecule has 1 atom stereocenters. The Hall–Kier alpha value is -2.88. The number of nitrogens with zero attached hydrogens (tertiary/aromatic N) is 3. The molecule has 1 saturated carbocycles. The molecule has 2 aromatic carbocycles. The Morgan fingerprint density at radius 3 is 2.74 bits per heavy atom. The fourth-order valence-corrected chi connectivity index (χ4v) is 4.69. The third kappa shape index (κ3) is 4.43. The summed E-state index contributed by atoms with van der Waals surface area (Å²) in [7, 11) is 1.95. The first-order valence-corrected chi connectivity index (χ1v) is 10.7. The number of hydrogen-bond acceptors (Lipinski definition) is 3. The molecule has 160 valence electrons. The van der Waals surface area contributed by atoms with E-state index in [-0.39, 0.29) is 22.7 Å². The van der Waals surface area contributed by atoms with Crippen LogP contribution < -0.4 is 5.48 Å². The molecule has 0 bridgehead atoms. The lowest BCUT2D eigenvalue weighted by atomic mass is 9.73. The first kappa shape index (κ1) is 21.4. The van der Waals surface area contributed by atoms with Crippen molar-refractivity contribution < 1.29 is 9.60 Å². The van der Waals surface area contributed by atoms with Crippen LogP contribution in [0.15, 0.2) is 47.6 Å². The first-order chi connectivity index (χ1) is 15.0. The average Bonchev–Trinajstić information content (AvgIpc) is 3.16. The van der Waals surface area contributed by atoms with Gasteiger partial charge in [-0.25, -0.2) is 9.38 Å². The van der Waals surface area contributed by atoms with Crippen LogP contribution in [0.1, 0.15) is 37.2 Å². The summed E-state index contributed by atoms with van der Waals surface area (Å²) >= 11 is 5.84. The second-order valence-corrected chi connectivity index (χ2v) is 8.46. The van der Waals surface area contributed by atoms with Crippen LogP contribution in [-0.4, -0.2) is 20.8 Å². The zero-order chi connectivity index (χ0) is 22.0. The Balaban J connectivity index is 1.48. The molecular formula is C24H24ClFN4O. The maximum Gasteiger partial charge on any atom is 0.141 e. The number of hydrogen-bond donors (Lipinski definition) is 2. The van der Waals surface area contributed by atoms with Gasteiger partial charge in [0.1, 0.15) is 11.7 Å². The van der Waals surface area contributed by atoms with Crippen LogP contribution in [0.2, 0.25) is 5.02 Å². The average molecular weight is 439 g/mol. The number of benzene rings is 2. The van der Waals surface area contributed by atoms with E-state index in [0.29, 0.717) is 11.6 Å². The Kier molecular flexibility index (Phi) is 6.26. The van der Waals surface area contributed by atoms with Gasteiger partial charge in [0, 0.05) is 12.4 Å². The molecular weight excluding hydrogens is 415 g/mol. The van der Waals surface area contributed by atoms with Crippen LogP contribution >= 0.6 is 11.6 Å². The summed E-state index contributed by atoms with van der Waals surface area (Å²) in [4.78, 5) is 4.39. The Labute approximate surface area is 185 Å². The molecule has 7 heteroatoms. The van der Waals surface area contributed by atoms with Crippen molar-refractivity contribution in [3.63, 3.8) is 0 Å². The number of nitrogens with one attached hydrogen (secondary N) is 1. The number of hydroxylamine groups is 1. The number of aryl methyl sites for hydroxylation is 1. The van der Waals surface area contributed by atoms with E-state index in [1.807, 2.05) is 17.9 Å². The second-order valence-electron chi connectivity index (χ2n) is 8.05. The number of fused-ring (bicyclic) bond motifs is 1. The lowest BCUT2D eigenvalue weighted by molar-refractivity contribution is 0.219. The highest BCUT2D eigenvalue weighted by Crippen LogP contribution is 2.40. The van der Waals surface area contributed by atoms with Gasteiger partial charge in [-0.05, 0) is 73.4 Å². The van der Waals surface area contributed by atoms with E-state index in [1.54, 1.807) is 0 Å². The molecule has 1 fully saturated rings. The third-order valence-electron chi connectivity index (χ3n) is 6.23. The summed E-state index contributed by atoms with van der Waals surface area (Å²) in [5.41, 5.74) is 5.04. The van der Waals surface area contributed by atoms with Crippen LogP contribution in [0.3, 0.4) is 0 Å². The van der Waals surface area contributed by atoms with Crippen LogP contribution in [0.25, 0.3) is 10.9 Å². The van der Waals surface area contributed by atoms with Crippen molar-refractivity contribution in [1.82, 2.24) is 15.3 Å². The molecule has 1 aliphatic rings. The number of aromatic nitrogens is 2. The van der Waals surface area contributed by atoms with Gasteiger partial charge in [0.25, 0.3) is 0 Å². The van der Waals surface area contributed by atoms with Crippen LogP contribution in [0, 0.1) is 30.0 Å². The molecule has 0 unspecified atom stereocenters. The Morgan fingerprint density at radius 1 is 1.29 bits per heavy atom. The highest BCUT2D eigenvalue weighted by Gasteiger charge is 2.30. The minimum atomic E-state index is -0.518. The normalized spacial score (nSPS) is 20.4. The van der Waals surface area contributed by atoms with Gasteiger partial charge in [-0.15, -0.1) is 6.42 Å². The number of terminal acetylenes is 1. The maximum atomic E-state index is 13.4. The van der Waals surface area contributed by atoms with Gasteiger partial charge in [0.2, 0.25) is 0 Å². The number of halogens is 2. The molecule has 5 nitrogen and oxygen atoms in total. The van der Waals surface area contributed by atoms with Gasteiger partial charge in [-0.1, -0.05) is 23.6 Å². The van der Waals surface area contributed by atoms with E-state index < -0.39 is 5.82 Å². The van der Waals surface area contributed by atoms with E-state index in [1.165, 1.54) is 23.8 Å². The summed E-state index contributed by atoms with van der Waals surface area (Å²) in [6.07, 6.45) is 11.6. The summed E-state index contributed by atoms with van der Waals surface area (Å²) in [5.74, 6) is 2.84. The monoisotopic (exact) mass is 438 g/mol. The SMILES string of the molecule is C#C[C@H](C(=Nc1ccc(F)c(Cl)c1)NO)C1CCC(c2ccc3c(cnn3C)c2)CC1. The Morgan fingerprint density at radius 2 is 2.06 bits per heavy atom. The Bertz CT molecular complexity index is 1160. The molecule has 0 aliphatic heterocycles. The first-order valence-electron chi connectivity index (χ1n) is 10.3. The van der Waals surface area contributed by atoms with Gasteiger partial charge in [-0.2, -0.15) is 5.10 Å². The maximum absolute atomic E-state index is 13.4. The predicted molar refractivity (Wildman–Crippen MR) is 121 cm³/mol. The number of amidine groups is 1. The van der Waals surface area contributed by atoms with Crippen LogP contribution in [0.4, 0.5) is 10.1 Å². The van der Waals surface area contributed by atoms with Gasteiger partial charge in [0.15, 0.2) is 0 Å². The zero-order valence-electron chi connectivity index (χ0n) is 17.2. The molecule has 0 spiro atoms. The lowest BCUT2D eigenvalue weighted by Gasteiger charge is -2.32. The van der Waals surface area contributed by atoms with Crippen LogP contribution in [-0.2, 0) is 7.05 Å². The summed E-state index contributed by atoms with van der Waals surface area (Å²) in [6, 6.07) is 10.7.